The van der Waals surface area contributed by atoms with E-state index in [0.29, 0.717) is 65.2 Å². The quantitative estimate of drug-likeness (QED) is 0.160. The van der Waals surface area contributed by atoms with E-state index in [4.69, 9.17) is 5.73 Å². The lowest BCUT2D eigenvalue weighted by atomic mass is 9.89. The minimum absolute atomic E-state index is 0.0221. The molecule has 0 aromatic heterocycles. The summed E-state index contributed by atoms with van der Waals surface area (Å²) in [6.45, 7) is 3.34. The molecular weight excluding hydrogens is 538 g/mol. The summed E-state index contributed by atoms with van der Waals surface area (Å²) in [6, 6.07) is -0.977. The van der Waals surface area contributed by atoms with Crippen LogP contribution in [0, 0.1) is 0 Å². The van der Waals surface area contributed by atoms with Crippen LogP contribution in [0.1, 0.15) is 25.7 Å². The van der Waals surface area contributed by atoms with E-state index in [1.165, 1.54) is 0 Å². The van der Waals surface area contributed by atoms with Crippen LogP contribution in [0.4, 0.5) is 0 Å². The Balaban J connectivity index is 2.14. The summed E-state index contributed by atoms with van der Waals surface area (Å²) < 4.78 is 0. The van der Waals surface area contributed by atoms with Gasteiger partial charge in [-0.05, 0) is 26.3 Å². The first-order valence-corrected chi connectivity index (χ1v) is 14.0. The Hall–Kier alpha value is -2.98. The molecule has 2 heterocycles. The molecule has 0 saturated carbocycles. The first-order chi connectivity index (χ1) is 19.5. The van der Waals surface area contributed by atoms with Gasteiger partial charge >= 0.3 is 11.9 Å². The summed E-state index contributed by atoms with van der Waals surface area (Å²) in [5.41, 5.74) is 4.79. The van der Waals surface area contributed by atoms with Gasteiger partial charge in [0, 0.05) is 71.9 Å². The lowest BCUT2D eigenvalue weighted by molar-refractivity contribution is -0.144. The summed E-state index contributed by atoms with van der Waals surface area (Å²) in [4.78, 5) is 80.0. The number of aldehydes is 2. The van der Waals surface area contributed by atoms with Crippen LogP contribution in [0.2, 0.25) is 0 Å². The maximum Gasteiger partial charge on any atom is 0.320 e. The number of likely N-dealkylation sites (N-methyl/N-ethyl adjacent to an activating group) is 1. The second kappa shape index (κ2) is 17.1. The maximum absolute atomic E-state index is 13.0. The molecule has 2 aliphatic rings. The van der Waals surface area contributed by atoms with E-state index < -0.39 is 29.4 Å². The van der Waals surface area contributed by atoms with Gasteiger partial charge < -0.3 is 35.8 Å². The largest absolute Gasteiger partial charge is 0.480 e. The number of carbonyl (C=O) groups excluding carboxylic acids is 4. The van der Waals surface area contributed by atoms with Crippen LogP contribution in [0.3, 0.4) is 0 Å². The number of nitrogens with zero attached hydrogens (tertiary/aromatic N) is 5. The highest BCUT2D eigenvalue weighted by atomic mass is 16.4. The van der Waals surface area contributed by atoms with Crippen molar-refractivity contribution in [3.05, 3.63) is 0 Å². The third kappa shape index (κ3) is 11.4. The monoisotopic (exact) mass is 583 g/mol. The molecule has 15 nitrogen and oxygen atoms in total. The summed E-state index contributed by atoms with van der Waals surface area (Å²) in [7, 11) is 1.72. The second-order valence-corrected chi connectivity index (χ2v) is 10.7. The standard InChI is InChI=1S/C26H45N7O8/c1-28-26(20-35)4-6-33(7-5-26)23(37)3-2-21(25(40)41)32-14-12-29(16-17-34)8-9-31(19-24(38)39)11-10-30(13-15-32)18-22(27)36/h17,20-21,28H,2-16,18-19H2,1H3,(H2,27,36)(H,38,39)(H,40,41). The molecule has 0 spiro atoms. The maximum atomic E-state index is 13.0. The number of primary amides is 1. The third-order valence-corrected chi connectivity index (χ3v) is 8.03. The van der Waals surface area contributed by atoms with Crippen LogP contribution in [0.5, 0.6) is 0 Å². The molecule has 0 aromatic carbocycles. The molecule has 41 heavy (non-hydrogen) atoms. The molecule has 2 aliphatic heterocycles. The normalized spacial score (nSPS) is 21.2. The first-order valence-electron chi connectivity index (χ1n) is 14.0. The first kappa shape index (κ1) is 34.2. The number of aliphatic carboxylic acids is 2. The third-order valence-electron chi connectivity index (χ3n) is 8.03. The molecule has 2 fully saturated rings. The van der Waals surface area contributed by atoms with Crippen molar-refractivity contribution in [2.24, 2.45) is 5.73 Å². The number of hydrogen-bond acceptors (Lipinski definition) is 11. The molecule has 0 bridgehead atoms. The topological polar surface area (TPSA) is 197 Å². The fraction of sp³-hybridized carbons (Fsp3) is 0.769. The zero-order valence-electron chi connectivity index (χ0n) is 23.9. The molecule has 2 rings (SSSR count). The van der Waals surface area contributed by atoms with E-state index >= 15 is 0 Å². The highest BCUT2D eigenvalue weighted by Gasteiger charge is 2.35. The van der Waals surface area contributed by atoms with Gasteiger partial charge in [-0.15, -0.1) is 0 Å². The average molecular weight is 584 g/mol. The lowest BCUT2D eigenvalue weighted by Gasteiger charge is -2.38. The zero-order valence-corrected chi connectivity index (χ0v) is 23.9. The molecule has 15 heteroatoms. The van der Waals surface area contributed by atoms with Crippen LogP contribution in [-0.2, 0) is 28.8 Å². The smallest absolute Gasteiger partial charge is 0.320 e. The summed E-state index contributed by atoms with van der Waals surface area (Å²) in [6.07, 6.45) is 2.70. The Labute approximate surface area is 240 Å². The van der Waals surface area contributed by atoms with Gasteiger partial charge in [-0.3, -0.25) is 38.8 Å². The number of likely N-dealkylation sites (tertiary alicyclic amines) is 1. The molecule has 2 saturated heterocycles. The number of nitrogens with one attached hydrogen (secondary N) is 1. The van der Waals surface area contributed by atoms with Gasteiger partial charge in [0.1, 0.15) is 18.6 Å². The van der Waals surface area contributed by atoms with E-state index in [9.17, 15) is 39.0 Å². The Morgan fingerprint density at radius 2 is 1.39 bits per heavy atom. The Bertz CT molecular complexity index is 912. The number of amides is 2. The van der Waals surface area contributed by atoms with Crippen LogP contribution < -0.4 is 11.1 Å². The average Bonchev–Trinajstić information content (AvgIpc) is 2.93. The second-order valence-electron chi connectivity index (χ2n) is 10.7. The molecular formula is C26H45N7O8. The van der Waals surface area contributed by atoms with Crippen molar-refractivity contribution >= 4 is 36.3 Å². The van der Waals surface area contributed by atoms with E-state index in [1.54, 1.807) is 26.6 Å². The molecule has 0 radical (unpaired) electrons. The molecule has 232 valence electrons. The molecule has 5 N–H and O–H groups in total. The van der Waals surface area contributed by atoms with Gasteiger partial charge in [0.05, 0.1) is 25.2 Å². The molecule has 0 aromatic rings. The van der Waals surface area contributed by atoms with Gasteiger partial charge in [-0.2, -0.15) is 0 Å². The number of carboxylic acid groups (broad SMARTS) is 2. The van der Waals surface area contributed by atoms with Crippen molar-refractivity contribution in [2.45, 2.75) is 37.3 Å². The van der Waals surface area contributed by atoms with Crippen molar-refractivity contribution in [3.8, 4) is 0 Å². The highest BCUT2D eigenvalue weighted by Crippen LogP contribution is 2.21. The number of rotatable bonds is 13. The molecule has 2 amide bonds. The van der Waals surface area contributed by atoms with Crippen molar-refractivity contribution in [2.75, 3.05) is 92.1 Å². The molecule has 0 aliphatic carbocycles. The predicted octanol–water partition coefficient (Wildman–Crippen LogP) is -3.01. The van der Waals surface area contributed by atoms with Crippen LogP contribution in [0.15, 0.2) is 0 Å². The van der Waals surface area contributed by atoms with E-state index in [1.807, 2.05) is 4.90 Å². The van der Waals surface area contributed by atoms with E-state index in [0.717, 1.165) is 12.6 Å². The summed E-state index contributed by atoms with van der Waals surface area (Å²) in [5.74, 6) is -2.78. The lowest BCUT2D eigenvalue weighted by Crippen LogP contribution is -2.54. The number of piperidine rings is 1. The van der Waals surface area contributed by atoms with Gasteiger partial charge in [0.2, 0.25) is 11.8 Å². The molecule has 1 unspecified atom stereocenters. The van der Waals surface area contributed by atoms with Crippen molar-refractivity contribution in [3.63, 3.8) is 0 Å². The van der Waals surface area contributed by atoms with Crippen molar-refractivity contribution in [1.29, 1.82) is 0 Å². The fourth-order valence-electron chi connectivity index (χ4n) is 5.34. The fourth-order valence-corrected chi connectivity index (χ4v) is 5.34. The van der Waals surface area contributed by atoms with E-state index in [-0.39, 0.29) is 51.5 Å². The van der Waals surface area contributed by atoms with Gasteiger partial charge in [0.25, 0.3) is 0 Å². The van der Waals surface area contributed by atoms with Crippen LogP contribution in [-0.4, -0.2) is 175 Å². The Morgan fingerprint density at radius 1 is 0.854 bits per heavy atom. The van der Waals surface area contributed by atoms with Crippen molar-refractivity contribution < 1.29 is 39.0 Å². The SMILES string of the molecule is CNC1(C=O)CCN(C(=O)CCC(C(=O)O)N2CCN(CC=O)CCN(CC(=O)O)CCN(CC(N)=O)CC2)CC1. The van der Waals surface area contributed by atoms with Gasteiger partial charge in [-0.25, -0.2) is 0 Å². The van der Waals surface area contributed by atoms with Gasteiger partial charge in [-0.1, -0.05) is 0 Å². The molecule has 1 atom stereocenters. The van der Waals surface area contributed by atoms with Crippen molar-refractivity contribution in [1.82, 2.24) is 29.8 Å². The van der Waals surface area contributed by atoms with Crippen LogP contribution >= 0.6 is 0 Å². The Kier molecular flexibility index (Phi) is 14.3. The minimum atomic E-state index is -1.07. The van der Waals surface area contributed by atoms with Crippen LogP contribution in [0.25, 0.3) is 0 Å². The number of carboxylic acids is 2. The zero-order chi connectivity index (χ0) is 30.4. The van der Waals surface area contributed by atoms with E-state index in [2.05, 4.69) is 5.32 Å². The summed E-state index contributed by atoms with van der Waals surface area (Å²) >= 11 is 0. The number of carbonyl (C=O) groups is 6. The summed E-state index contributed by atoms with van der Waals surface area (Å²) in [5, 5.41) is 22.5. The highest BCUT2D eigenvalue weighted by molar-refractivity contribution is 5.79. The Morgan fingerprint density at radius 3 is 1.88 bits per heavy atom. The predicted molar refractivity (Wildman–Crippen MR) is 148 cm³/mol. The minimum Gasteiger partial charge on any atom is -0.480 e. The van der Waals surface area contributed by atoms with Gasteiger partial charge in [0.15, 0.2) is 0 Å². The number of hydrogen-bond donors (Lipinski definition) is 4. The number of nitrogens with two attached hydrogens (primary N) is 1.